The van der Waals surface area contributed by atoms with Crippen molar-refractivity contribution in [2.75, 3.05) is 0 Å². The van der Waals surface area contributed by atoms with Crippen molar-refractivity contribution in [3.63, 3.8) is 0 Å². The fourth-order valence-electron chi connectivity index (χ4n) is 0.977. The third-order valence-electron chi connectivity index (χ3n) is 2.34. The number of hydrogen-bond donors (Lipinski definition) is 0. The van der Waals surface area contributed by atoms with Gasteiger partial charge < -0.3 is 4.65 Å². The average Bonchev–Trinajstić information content (AvgIpc) is 1.86. The number of rotatable bonds is 4. The van der Waals surface area contributed by atoms with Crippen LogP contribution in [0.3, 0.4) is 0 Å². The first kappa shape index (κ1) is 15.5. The Morgan fingerprint density at radius 3 is 1.25 bits per heavy atom. The van der Waals surface area contributed by atoms with Crippen molar-refractivity contribution >= 4 is 16.5 Å². The molecule has 0 radical (unpaired) electrons. The van der Waals surface area contributed by atoms with Crippen LogP contribution in [-0.2, 0) is 0 Å². The van der Waals surface area contributed by atoms with Crippen molar-refractivity contribution in [1.82, 2.24) is 0 Å². The van der Waals surface area contributed by atoms with Gasteiger partial charge in [0, 0.05) is 0 Å². The van der Waals surface area contributed by atoms with E-state index < -0.39 is 16.5 Å². The van der Waals surface area contributed by atoms with E-state index in [1.807, 2.05) is 0 Å². The molecule has 0 rings (SSSR count). The Morgan fingerprint density at radius 2 is 1.08 bits per heavy atom. The Hall–Kier alpha value is 0.991. The van der Waals surface area contributed by atoms with Crippen LogP contribution in [0.5, 0.6) is 0 Å². The molecule has 0 aliphatic carbocycles. The molecule has 0 fully saturated rings. The third-order valence-corrected chi connectivity index (χ3v) is 10.6. The van der Waals surface area contributed by atoms with Crippen LogP contribution in [0.15, 0.2) is 0 Å². The van der Waals surface area contributed by atoms with Gasteiger partial charge in [0.1, 0.15) is 0 Å². The zero-order valence-electron chi connectivity index (χ0n) is 9.86. The summed E-state index contributed by atoms with van der Waals surface area (Å²) in [5, 5.41) is 0. The molecule has 1 nitrogen and oxygen atoms in total. The molecule has 0 aliphatic rings. The second-order valence-electron chi connectivity index (χ2n) is 4.44. The van der Waals surface area contributed by atoms with Crippen LogP contribution in [-0.4, -0.2) is 16.5 Å². The first-order chi connectivity index (χ1) is 4.83. The topological polar surface area (TPSA) is 14.1 Å². The van der Waals surface area contributed by atoms with Gasteiger partial charge in [-0.25, -0.2) is 0 Å². The van der Waals surface area contributed by atoms with Crippen LogP contribution in [0, 0.1) is 0 Å². The Labute approximate surface area is 92.1 Å². The maximum absolute atomic E-state index is 5.06. The van der Waals surface area contributed by atoms with Gasteiger partial charge in [-0.15, -0.1) is 0 Å². The zero-order chi connectivity index (χ0) is 9.12. The molecule has 4 heteroatoms. The van der Waals surface area contributed by atoms with Crippen molar-refractivity contribution in [3.8, 4) is 0 Å². The van der Waals surface area contributed by atoms with Crippen molar-refractivity contribution < 1.29 is 18.9 Å². The molecule has 0 saturated heterocycles. The third kappa shape index (κ3) is 6.50. The Balaban J connectivity index is 0. The largest absolute Gasteiger partial charge is 1.00 e. The molecule has 0 aliphatic heterocycles. The van der Waals surface area contributed by atoms with E-state index in [4.69, 9.17) is 4.65 Å². The van der Waals surface area contributed by atoms with Crippen LogP contribution < -0.4 is 18.9 Å². The molecule has 0 aromatic rings. The molecular formula is C8H22LiNSi2. The zero-order valence-corrected chi connectivity index (χ0v) is 11.9. The van der Waals surface area contributed by atoms with Gasteiger partial charge in [0.2, 0.25) is 0 Å². The van der Waals surface area contributed by atoms with Crippen LogP contribution in [0.1, 0.15) is 13.8 Å². The molecule has 0 atom stereocenters. The van der Waals surface area contributed by atoms with Gasteiger partial charge in [0.05, 0.1) is 0 Å². The van der Waals surface area contributed by atoms with Crippen molar-refractivity contribution in [1.29, 1.82) is 0 Å². The molecule has 68 valence electrons. The van der Waals surface area contributed by atoms with Crippen molar-refractivity contribution in [3.05, 3.63) is 4.65 Å². The van der Waals surface area contributed by atoms with Gasteiger partial charge in [-0.05, 0) is 0 Å². The molecule has 12 heavy (non-hydrogen) atoms. The first-order valence-corrected chi connectivity index (χ1v) is 10.9. The predicted molar refractivity (Wildman–Crippen MR) is 59.3 cm³/mol. The van der Waals surface area contributed by atoms with E-state index >= 15 is 0 Å². The molecule has 0 N–H and O–H groups in total. The van der Waals surface area contributed by atoms with Crippen LogP contribution >= 0.6 is 0 Å². The van der Waals surface area contributed by atoms with Crippen molar-refractivity contribution in [2.24, 2.45) is 0 Å². The van der Waals surface area contributed by atoms with E-state index in [0.717, 1.165) is 0 Å². The summed E-state index contributed by atoms with van der Waals surface area (Å²) in [5.74, 6) is 0. The Bertz CT molecular complexity index is 112. The maximum Gasteiger partial charge on any atom is 1.00 e. The van der Waals surface area contributed by atoms with E-state index in [1.165, 1.54) is 12.1 Å². The van der Waals surface area contributed by atoms with E-state index in [1.54, 1.807) is 0 Å². The summed E-state index contributed by atoms with van der Waals surface area (Å²) in [7, 11) is -2.29. The van der Waals surface area contributed by atoms with Crippen molar-refractivity contribution in [2.45, 2.75) is 52.1 Å². The minimum absolute atomic E-state index is 0. The predicted octanol–water partition coefficient (Wildman–Crippen LogP) is 0.814. The normalized spacial score (nSPS) is 12.5. The summed E-state index contributed by atoms with van der Waals surface area (Å²) in [6.45, 7) is 14.0. The molecule has 0 aromatic carbocycles. The van der Waals surface area contributed by atoms with Gasteiger partial charge in [-0.1, -0.05) is 68.6 Å². The van der Waals surface area contributed by atoms with Crippen LogP contribution in [0.4, 0.5) is 0 Å². The second-order valence-corrected chi connectivity index (χ2v) is 14.0. The summed E-state index contributed by atoms with van der Waals surface area (Å²) < 4.78 is 5.06. The van der Waals surface area contributed by atoms with Gasteiger partial charge >= 0.3 is 18.9 Å². The molecule has 0 bridgehead atoms. The summed E-state index contributed by atoms with van der Waals surface area (Å²) in [4.78, 5) is 0. The van der Waals surface area contributed by atoms with Gasteiger partial charge in [-0.3, -0.25) is 0 Å². The second kappa shape index (κ2) is 5.66. The molecule has 0 aromatic heterocycles. The SMILES string of the molecule is CC[Si](C)(C)[N-][Si](C)(C)CC.[Li+]. The average molecular weight is 195 g/mol. The number of hydrogen-bond acceptors (Lipinski definition) is 0. The van der Waals surface area contributed by atoms with Crippen LogP contribution in [0.2, 0.25) is 38.3 Å². The Kier molecular flexibility index (Phi) is 7.30. The quantitative estimate of drug-likeness (QED) is 0.590. The molecule has 0 spiro atoms. The smallest absolute Gasteiger partial charge is 0.667 e. The minimum atomic E-state index is -1.15. The van der Waals surface area contributed by atoms with Crippen LogP contribution in [0.25, 0.3) is 4.65 Å². The van der Waals surface area contributed by atoms with E-state index in [2.05, 4.69) is 40.0 Å². The molecule has 0 heterocycles. The molecule has 0 saturated carbocycles. The summed E-state index contributed by atoms with van der Waals surface area (Å²) in [6, 6.07) is 2.59. The molecular weight excluding hydrogens is 173 g/mol. The summed E-state index contributed by atoms with van der Waals surface area (Å²) in [6.07, 6.45) is 0. The fraction of sp³-hybridized carbons (Fsp3) is 1.00. The van der Waals surface area contributed by atoms with E-state index in [-0.39, 0.29) is 18.9 Å². The Morgan fingerprint density at radius 1 is 0.833 bits per heavy atom. The fourth-order valence-corrected chi connectivity index (χ4v) is 8.80. The maximum atomic E-state index is 5.06. The molecule has 0 amide bonds. The van der Waals surface area contributed by atoms with E-state index in [0.29, 0.717) is 0 Å². The first-order valence-electron chi connectivity index (χ1n) is 4.57. The van der Waals surface area contributed by atoms with Gasteiger partial charge in [0.15, 0.2) is 0 Å². The number of nitrogens with zero attached hydrogens (tertiary/aromatic N) is 1. The monoisotopic (exact) mass is 195 g/mol. The summed E-state index contributed by atoms with van der Waals surface area (Å²) in [5.41, 5.74) is 0. The standard InChI is InChI=1S/C8H22NSi2.Li/c1-7-10(3,4)9-11(5,6)8-2;/h7-8H2,1-6H3;/q-1;+1. The van der Waals surface area contributed by atoms with E-state index in [9.17, 15) is 0 Å². The minimum Gasteiger partial charge on any atom is -0.667 e. The summed E-state index contributed by atoms with van der Waals surface area (Å²) >= 11 is 0. The van der Waals surface area contributed by atoms with Gasteiger partial charge in [0.25, 0.3) is 0 Å². The van der Waals surface area contributed by atoms with Gasteiger partial charge in [-0.2, -0.15) is 0 Å². The molecule has 0 unspecified atom stereocenters.